The summed E-state index contributed by atoms with van der Waals surface area (Å²) in [5, 5.41) is 0.622. The van der Waals surface area contributed by atoms with Gasteiger partial charge in [-0.2, -0.15) is 0 Å². The smallest absolute Gasteiger partial charge is 0.198 e. The highest BCUT2D eigenvalue weighted by molar-refractivity contribution is 6.37. The van der Waals surface area contributed by atoms with Crippen molar-refractivity contribution < 1.29 is 4.42 Å². The van der Waals surface area contributed by atoms with Gasteiger partial charge in [0.05, 0.1) is 5.56 Å². The topological polar surface area (TPSA) is 38.9 Å². The maximum atomic E-state index is 6.28. The average molecular weight is 319 g/mol. The van der Waals surface area contributed by atoms with Crippen molar-refractivity contribution >= 4 is 23.2 Å². The Kier molecular flexibility index (Phi) is 3.95. The van der Waals surface area contributed by atoms with Gasteiger partial charge in [0.1, 0.15) is 16.1 Å². The number of aryl methyl sites for hydroxylation is 1. The summed E-state index contributed by atoms with van der Waals surface area (Å²) in [6.07, 6.45) is 0.809. The fourth-order valence-electron chi connectivity index (χ4n) is 2.05. The molecule has 21 heavy (non-hydrogen) atoms. The fourth-order valence-corrected chi connectivity index (χ4v) is 2.65. The third kappa shape index (κ3) is 2.80. The fraction of sp³-hybridized carbons (Fsp3) is 0.125. The summed E-state index contributed by atoms with van der Waals surface area (Å²) in [6.45, 7) is 2.02. The molecule has 0 saturated carbocycles. The third-order valence-electron chi connectivity index (χ3n) is 3.11. The van der Waals surface area contributed by atoms with Crippen molar-refractivity contribution in [2.45, 2.75) is 13.3 Å². The summed E-state index contributed by atoms with van der Waals surface area (Å²) >= 11 is 12.6. The van der Waals surface area contributed by atoms with Gasteiger partial charge in [0, 0.05) is 6.42 Å². The SMILES string of the molecule is CCc1ccc(-c2nc(Cl)c(-c3ccccc3)c(Cl)n2)o1. The summed E-state index contributed by atoms with van der Waals surface area (Å²) in [6, 6.07) is 13.3. The molecule has 1 aromatic carbocycles. The van der Waals surface area contributed by atoms with Crippen LogP contribution in [0.1, 0.15) is 12.7 Å². The molecule has 0 amide bonds. The quantitative estimate of drug-likeness (QED) is 0.617. The van der Waals surface area contributed by atoms with Crippen LogP contribution in [-0.2, 0) is 6.42 Å². The van der Waals surface area contributed by atoms with Crippen molar-refractivity contribution in [2.24, 2.45) is 0 Å². The Hall–Kier alpha value is -1.84. The van der Waals surface area contributed by atoms with E-state index in [1.807, 2.05) is 49.4 Å². The molecule has 0 spiro atoms. The van der Waals surface area contributed by atoms with Gasteiger partial charge in [0.15, 0.2) is 11.6 Å². The molecule has 0 aliphatic heterocycles. The van der Waals surface area contributed by atoms with Gasteiger partial charge in [0.25, 0.3) is 0 Å². The Morgan fingerprint density at radius 1 is 0.952 bits per heavy atom. The van der Waals surface area contributed by atoms with Gasteiger partial charge >= 0.3 is 0 Å². The van der Waals surface area contributed by atoms with Crippen LogP contribution >= 0.6 is 23.2 Å². The van der Waals surface area contributed by atoms with E-state index >= 15 is 0 Å². The van der Waals surface area contributed by atoms with Gasteiger partial charge in [-0.25, -0.2) is 9.97 Å². The summed E-state index contributed by atoms with van der Waals surface area (Å²) in [4.78, 5) is 8.61. The molecule has 106 valence electrons. The lowest BCUT2D eigenvalue weighted by Crippen LogP contribution is -1.93. The van der Waals surface area contributed by atoms with Gasteiger partial charge < -0.3 is 4.42 Å². The number of hydrogen-bond acceptors (Lipinski definition) is 3. The molecule has 0 aliphatic rings. The summed E-state index contributed by atoms with van der Waals surface area (Å²) < 4.78 is 5.63. The Bertz CT molecular complexity index is 746. The predicted molar refractivity (Wildman–Crippen MR) is 84.6 cm³/mol. The number of benzene rings is 1. The molecular weight excluding hydrogens is 307 g/mol. The van der Waals surface area contributed by atoms with Crippen molar-refractivity contribution in [3.05, 3.63) is 58.5 Å². The molecule has 0 radical (unpaired) electrons. The number of hydrogen-bond donors (Lipinski definition) is 0. The summed E-state index contributed by atoms with van der Waals surface area (Å²) in [5.41, 5.74) is 1.51. The van der Waals surface area contributed by atoms with Crippen LogP contribution in [0, 0.1) is 0 Å². The molecule has 0 fully saturated rings. The number of furan rings is 1. The molecule has 0 unspecified atom stereocenters. The summed E-state index contributed by atoms with van der Waals surface area (Å²) in [5.74, 6) is 1.83. The first-order chi connectivity index (χ1) is 10.2. The van der Waals surface area contributed by atoms with Crippen LogP contribution in [0.4, 0.5) is 0 Å². The van der Waals surface area contributed by atoms with E-state index in [9.17, 15) is 0 Å². The third-order valence-corrected chi connectivity index (χ3v) is 3.66. The molecule has 2 heterocycles. The molecule has 2 aromatic heterocycles. The number of rotatable bonds is 3. The standard InChI is InChI=1S/C16H12Cl2N2O/c1-2-11-8-9-12(21-11)16-19-14(17)13(15(18)20-16)10-6-4-3-5-7-10/h3-9H,2H2,1H3. The van der Waals surface area contributed by atoms with Crippen LogP contribution in [0.15, 0.2) is 46.9 Å². The van der Waals surface area contributed by atoms with Gasteiger partial charge in [-0.05, 0) is 17.7 Å². The first kappa shape index (κ1) is 14.1. The second-order valence-corrected chi connectivity index (χ2v) is 5.21. The molecule has 0 atom stereocenters. The van der Waals surface area contributed by atoms with Crippen molar-refractivity contribution in [1.82, 2.24) is 9.97 Å². The molecule has 3 nitrogen and oxygen atoms in total. The maximum Gasteiger partial charge on any atom is 0.198 e. The Morgan fingerprint density at radius 3 is 2.19 bits per heavy atom. The van der Waals surface area contributed by atoms with Crippen LogP contribution in [0.2, 0.25) is 10.3 Å². The zero-order valence-corrected chi connectivity index (χ0v) is 12.8. The first-order valence-corrected chi connectivity index (χ1v) is 7.32. The number of halogens is 2. The molecule has 3 aromatic rings. The Balaban J connectivity index is 2.08. The lowest BCUT2D eigenvalue weighted by atomic mass is 10.1. The second kappa shape index (κ2) is 5.88. The first-order valence-electron chi connectivity index (χ1n) is 6.56. The van der Waals surface area contributed by atoms with Crippen LogP contribution in [0.5, 0.6) is 0 Å². The van der Waals surface area contributed by atoms with Gasteiger partial charge in [0.2, 0.25) is 0 Å². The van der Waals surface area contributed by atoms with Gasteiger partial charge in [-0.3, -0.25) is 0 Å². The predicted octanol–water partition coefficient (Wildman–Crippen LogP) is 5.27. The van der Waals surface area contributed by atoms with E-state index in [1.165, 1.54) is 0 Å². The van der Waals surface area contributed by atoms with E-state index in [0.717, 1.165) is 17.7 Å². The minimum atomic E-state index is 0.311. The monoisotopic (exact) mass is 318 g/mol. The van der Waals surface area contributed by atoms with E-state index in [0.29, 0.717) is 27.5 Å². The lowest BCUT2D eigenvalue weighted by Gasteiger charge is -2.07. The molecule has 0 aliphatic carbocycles. The normalized spacial score (nSPS) is 10.8. The maximum absolute atomic E-state index is 6.28. The summed E-state index contributed by atoms with van der Waals surface area (Å²) in [7, 11) is 0. The van der Waals surface area contributed by atoms with E-state index < -0.39 is 0 Å². The zero-order valence-electron chi connectivity index (χ0n) is 11.3. The molecule has 0 saturated heterocycles. The van der Waals surface area contributed by atoms with Gasteiger partial charge in [-0.1, -0.05) is 60.5 Å². The number of nitrogens with zero attached hydrogens (tertiary/aromatic N) is 2. The van der Waals surface area contributed by atoms with Crippen LogP contribution in [-0.4, -0.2) is 9.97 Å². The van der Waals surface area contributed by atoms with Gasteiger partial charge in [-0.15, -0.1) is 0 Å². The van der Waals surface area contributed by atoms with Crippen LogP contribution < -0.4 is 0 Å². The average Bonchev–Trinajstić information content (AvgIpc) is 2.96. The minimum absolute atomic E-state index is 0.311. The molecule has 0 bridgehead atoms. The second-order valence-electron chi connectivity index (χ2n) is 4.49. The Morgan fingerprint density at radius 2 is 1.62 bits per heavy atom. The van der Waals surface area contributed by atoms with Crippen molar-refractivity contribution in [3.63, 3.8) is 0 Å². The highest BCUT2D eigenvalue weighted by atomic mass is 35.5. The van der Waals surface area contributed by atoms with Crippen molar-refractivity contribution in [3.8, 4) is 22.7 Å². The van der Waals surface area contributed by atoms with Crippen LogP contribution in [0.25, 0.3) is 22.7 Å². The molecule has 0 N–H and O–H groups in total. The zero-order chi connectivity index (χ0) is 14.8. The molecule has 5 heteroatoms. The number of aromatic nitrogens is 2. The molecular formula is C16H12Cl2N2O. The van der Waals surface area contributed by atoms with Crippen LogP contribution in [0.3, 0.4) is 0 Å². The van der Waals surface area contributed by atoms with Crippen molar-refractivity contribution in [2.75, 3.05) is 0 Å². The highest BCUT2D eigenvalue weighted by Gasteiger charge is 2.16. The highest BCUT2D eigenvalue weighted by Crippen LogP contribution is 2.34. The van der Waals surface area contributed by atoms with E-state index in [1.54, 1.807) is 0 Å². The van der Waals surface area contributed by atoms with E-state index in [4.69, 9.17) is 27.6 Å². The van der Waals surface area contributed by atoms with Crippen molar-refractivity contribution in [1.29, 1.82) is 0 Å². The molecule has 3 rings (SSSR count). The minimum Gasteiger partial charge on any atom is -0.458 e. The lowest BCUT2D eigenvalue weighted by molar-refractivity contribution is 0.525. The largest absolute Gasteiger partial charge is 0.458 e. The Labute approximate surface area is 132 Å². The van der Waals surface area contributed by atoms with E-state index in [2.05, 4.69) is 9.97 Å². The van der Waals surface area contributed by atoms with E-state index in [-0.39, 0.29) is 0 Å².